The van der Waals surface area contributed by atoms with Gasteiger partial charge in [0.05, 0.1) is 24.7 Å². The monoisotopic (exact) mass is 362 g/mol. The molecule has 2 aromatic carbocycles. The highest BCUT2D eigenvalue weighted by molar-refractivity contribution is 5.99. The summed E-state index contributed by atoms with van der Waals surface area (Å²) in [5.41, 5.74) is 0.205. The van der Waals surface area contributed by atoms with Crippen molar-refractivity contribution in [1.82, 2.24) is 5.32 Å². The third kappa shape index (κ3) is 4.69. The smallest absolute Gasteiger partial charge is 0.286 e. The Morgan fingerprint density at radius 2 is 2.04 bits per heavy atom. The molecule has 0 bridgehead atoms. The molecule has 0 atom stereocenters. The van der Waals surface area contributed by atoms with Gasteiger partial charge >= 0.3 is 0 Å². The summed E-state index contributed by atoms with van der Waals surface area (Å²) in [5.74, 6) is -0.552. The molecule has 0 unspecified atom stereocenters. The van der Waals surface area contributed by atoms with Crippen molar-refractivity contribution in [2.75, 3.05) is 20.3 Å². The minimum Gasteiger partial charge on any atom is -0.493 e. The number of hydrogen-bond acceptors (Lipinski definition) is 5. The Morgan fingerprint density at radius 3 is 2.65 bits per heavy atom. The van der Waals surface area contributed by atoms with E-state index in [2.05, 4.69) is 5.32 Å². The van der Waals surface area contributed by atoms with Crippen molar-refractivity contribution < 1.29 is 23.6 Å². The molecule has 138 valence electrons. The number of nitro benzene ring substituents is 1. The summed E-state index contributed by atoms with van der Waals surface area (Å²) >= 11 is 0. The zero-order valence-corrected chi connectivity index (χ0v) is 14.5. The van der Waals surface area contributed by atoms with E-state index in [0.29, 0.717) is 18.6 Å². The van der Waals surface area contributed by atoms with Gasteiger partial charge in [-0.25, -0.2) is 4.39 Å². The SMILES string of the molecule is CCOc1cc(C(=O)NCCc2cccc(F)c2)c([N+](=O)[O-])cc1OC. The fourth-order valence-electron chi connectivity index (χ4n) is 2.42. The van der Waals surface area contributed by atoms with E-state index in [1.54, 1.807) is 19.1 Å². The average Bonchev–Trinajstić information content (AvgIpc) is 2.61. The van der Waals surface area contributed by atoms with Gasteiger partial charge in [-0.3, -0.25) is 14.9 Å². The van der Waals surface area contributed by atoms with E-state index < -0.39 is 10.8 Å². The van der Waals surface area contributed by atoms with Crippen LogP contribution in [0.5, 0.6) is 11.5 Å². The number of carbonyl (C=O) groups is 1. The van der Waals surface area contributed by atoms with Crippen LogP contribution in [0.1, 0.15) is 22.8 Å². The molecular formula is C18H19FN2O5. The van der Waals surface area contributed by atoms with E-state index in [-0.39, 0.29) is 35.1 Å². The van der Waals surface area contributed by atoms with Gasteiger partial charge in [0.15, 0.2) is 11.5 Å². The molecule has 0 aliphatic carbocycles. The number of nitrogens with zero attached hydrogens (tertiary/aromatic N) is 1. The van der Waals surface area contributed by atoms with Crippen LogP contribution in [0.2, 0.25) is 0 Å². The first-order valence-corrected chi connectivity index (χ1v) is 7.98. The second kappa shape index (κ2) is 8.80. The van der Waals surface area contributed by atoms with E-state index in [0.717, 1.165) is 6.07 Å². The Labute approximate surface area is 149 Å². The highest BCUT2D eigenvalue weighted by atomic mass is 19.1. The maximum absolute atomic E-state index is 13.2. The topological polar surface area (TPSA) is 90.7 Å². The number of amides is 1. The van der Waals surface area contributed by atoms with E-state index in [9.17, 15) is 19.3 Å². The first kappa shape index (κ1) is 19.2. The molecule has 0 aliphatic heterocycles. The van der Waals surface area contributed by atoms with Crippen molar-refractivity contribution in [1.29, 1.82) is 0 Å². The molecule has 8 heteroatoms. The molecule has 26 heavy (non-hydrogen) atoms. The maximum atomic E-state index is 13.2. The highest BCUT2D eigenvalue weighted by Gasteiger charge is 2.24. The molecule has 0 fully saturated rings. The molecule has 2 rings (SSSR count). The average molecular weight is 362 g/mol. The van der Waals surface area contributed by atoms with Crippen LogP contribution in [0.4, 0.5) is 10.1 Å². The molecule has 0 radical (unpaired) electrons. The Morgan fingerprint density at radius 1 is 1.27 bits per heavy atom. The van der Waals surface area contributed by atoms with Crippen molar-refractivity contribution in [2.24, 2.45) is 0 Å². The van der Waals surface area contributed by atoms with Crippen LogP contribution in [0.15, 0.2) is 36.4 Å². The quantitative estimate of drug-likeness (QED) is 0.575. The molecule has 0 aromatic heterocycles. The van der Waals surface area contributed by atoms with Gasteiger partial charge in [-0.1, -0.05) is 12.1 Å². The first-order chi connectivity index (χ1) is 12.5. The highest BCUT2D eigenvalue weighted by Crippen LogP contribution is 2.34. The number of nitro groups is 1. The Hall–Kier alpha value is -3.16. The fraction of sp³-hybridized carbons (Fsp3) is 0.278. The first-order valence-electron chi connectivity index (χ1n) is 7.98. The van der Waals surface area contributed by atoms with Gasteiger partial charge in [-0.15, -0.1) is 0 Å². The summed E-state index contributed by atoms with van der Waals surface area (Å²) in [6.07, 6.45) is 0.395. The number of rotatable bonds is 8. The number of carbonyl (C=O) groups excluding carboxylic acids is 1. The fourth-order valence-corrected chi connectivity index (χ4v) is 2.42. The number of halogens is 1. The second-order valence-electron chi connectivity index (χ2n) is 5.35. The van der Waals surface area contributed by atoms with Crippen LogP contribution in [-0.4, -0.2) is 31.1 Å². The Kier molecular flexibility index (Phi) is 6.48. The minimum atomic E-state index is -0.653. The minimum absolute atomic E-state index is 0.126. The predicted octanol–water partition coefficient (Wildman–Crippen LogP) is 3.11. The Bertz CT molecular complexity index is 810. The molecule has 0 spiro atoms. The Balaban J connectivity index is 2.18. The molecule has 0 saturated carbocycles. The van der Waals surface area contributed by atoms with Gasteiger partial charge in [0.25, 0.3) is 11.6 Å². The molecule has 0 heterocycles. The van der Waals surface area contributed by atoms with E-state index >= 15 is 0 Å². The normalized spacial score (nSPS) is 10.3. The summed E-state index contributed by atoms with van der Waals surface area (Å²) < 4.78 is 23.6. The summed E-state index contributed by atoms with van der Waals surface area (Å²) in [5, 5.41) is 13.9. The molecule has 0 aliphatic rings. The van der Waals surface area contributed by atoms with Crippen LogP contribution in [0, 0.1) is 15.9 Å². The van der Waals surface area contributed by atoms with Crippen molar-refractivity contribution >= 4 is 11.6 Å². The standard InChI is InChI=1S/C18H19FN2O5/c1-3-26-17-10-14(15(21(23)24)11-16(17)25-2)18(22)20-8-7-12-5-4-6-13(19)9-12/h4-6,9-11H,3,7-8H2,1-2H3,(H,20,22). The third-order valence-electron chi connectivity index (χ3n) is 3.61. The third-order valence-corrected chi connectivity index (χ3v) is 3.61. The zero-order chi connectivity index (χ0) is 19.1. The summed E-state index contributed by atoms with van der Waals surface area (Å²) in [6.45, 7) is 2.27. The zero-order valence-electron chi connectivity index (χ0n) is 14.5. The summed E-state index contributed by atoms with van der Waals surface area (Å²) in [7, 11) is 1.36. The van der Waals surface area contributed by atoms with Crippen molar-refractivity contribution in [2.45, 2.75) is 13.3 Å². The lowest BCUT2D eigenvalue weighted by Crippen LogP contribution is -2.26. The number of benzene rings is 2. The number of hydrogen-bond donors (Lipinski definition) is 1. The van der Waals surface area contributed by atoms with E-state index in [1.807, 2.05) is 0 Å². The van der Waals surface area contributed by atoms with E-state index in [4.69, 9.17) is 9.47 Å². The summed E-state index contributed by atoms with van der Waals surface area (Å²) in [6, 6.07) is 8.46. The van der Waals surface area contributed by atoms with Gasteiger partial charge < -0.3 is 14.8 Å². The van der Waals surface area contributed by atoms with Gasteiger partial charge in [0, 0.05) is 12.6 Å². The van der Waals surface area contributed by atoms with E-state index in [1.165, 1.54) is 25.3 Å². The lowest BCUT2D eigenvalue weighted by atomic mass is 10.1. The largest absolute Gasteiger partial charge is 0.493 e. The lowest BCUT2D eigenvalue weighted by molar-refractivity contribution is -0.385. The number of ether oxygens (including phenoxy) is 2. The van der Waals surface area contributed by atoms with Crippen molar-refractivity contribution in [3.8, 4) is 11.5 Å². The number of nitrogens with one attached hydrogen (secondary N) is 1. The van der Waals surface area contributed by atoms with Gasteiger partial charge in [0.1, 0.15) is 11.4 Å². The second-order valence-corrected chi connectivity index (χ2v) is 5.35. The van der Waals surface area contributed by atoms with Gasteiger partial charge in [0.2, 0.25) is 0 Å². The summed E-state index contributed by atoms with van der Waals surface area (Å²) in [4.78, 5) is 23.0. The van der Waals surface area contributed by atoms with Gasteiger partial charge in [-0.05, 0) is 31.0 Å². The van der Waals surface area contributed by atoms with Crippen LogP contribution in [0.3, 0.4) is 0 Å². The van der Waals surface area contributed by atoms with Crippen LogP contribution >= 0.6 is 0 Å². The lowest BCUT2D eigenvalue weighted by Gasteiger charge is -2.12. The number of methoxy groups -OCH3 is 1. The molecule has 1 amide bonds. The molecule has 7 nitrogen and oxygen atoms in total. The van der Waals surface area contributed by atoms with Crippen LogP contribution in [0.25, 0.3) is 0 Å². The molecule has 2 aromatic rings. The molecule has 0 saturated heterocycles. The predicted molar refractivity (Wildman–Crippen MR) is 93.3 cm³/mol. The van der Waals surface area contributed by atoms with Crippen molar-refractivity contribution in [3.63, 3.8) is 0 Å². The van der Waals surface area contributed by atoms with Crippen molar-refractivity contribution in [3.05, 3.63) is 63.5 Å². The van der Waals surface area contributed by atoms with Gasteiger partial charge in [-0.2, -0.15) is 0 Å². The molecular weight excluding hydrogens is 343 g/mol. The van der Waals surface area contributed by atoms with Crippen LogP contribution in [-0.2, 0) is 6.42 Å². The molecule has 1 N–H and O–H groups in total. The maximum Gasteiger partial charge on any atom is 0.286 e. The van der Waals surface area contributed by atoms with Crippen LogP contribution < -0.4 is 14.8 Å².